The second-order valence-corrected chi connectivity index (χ2v) is 6.35. The molecule has 7 heteroatoms. The SMILES string of the molecule is Cc1noc(C)c1CN(C)C(=O)N[C@H]1CC(=O)N(c2ccccc2)C1. The first kappa shape index (κ1) is 17.0. The minimum Gasteiger partial charge on any atom is -0.361 e. The maximum Gasteiger partial charge on any atom is 0.317 e. The third-order valence-corrected chi connectivity index (χ3v) is 4.44. The van der Waals surface area contributed by atoms with Crippen molar-refractivity contribution in [2.24, 2.45) is 0 Å². The second-order valence-electron chi connectivity index (χ2n) is 6.35. The van der Waals surface area contributed by atoms with Gasteiger partial charge in [-0.1, -0.05) is 23.4 Å². The zero-order valence-electron chi connectivity index (χ0n) is 14.7. The van der Waals surface area contributed by atoms with Crippen LogP contribution in [0.5, 0.6) is 0 Å². The van der Waals surface area contributed by atoms with Crippen molar-refractivity contribution in [1.82, 2.24) is 15.4 Å². The molecule has 25 heavy (non-hydrogen) atoms. The summed E-state index contributed by atoms with van der Waals surface area (Å²) in [5.74, 6) is 0.730. The molecule has 2 aromatic rings. The van der Waals surface area contributed by atoms with E-state index in [1.54, 1.807) is 16.8 Å². The molecule has 1 atom stereocenters. The maximum absolute atomic E-state index is 12.4. The Morgan fingerprint density at radius 1 is 1.36 bits per heavy atom. The van der Waals surface area contributed by atoms with Crippen LogP contribution in [0.1, 0.15) is 23.4 Å². The third kappa shape index (κ3) is 3.65. The molecule has 2 heterocycles. The first-order valence-corrected chi connectivity index (χ1v) is 8.24. The Labute approximate surface area is 146 Å². The van der Waals surface area contributed by atoms with E-state index in [2.05, 4.69) is 10.5 Å². The lowest BCUT2D eigenvalue weighted by atomic mass is 10.2. The van der Waals surface area contributed by atoms with Gasteiger partial charge in [0.15, 0.2) is 0 Å². The molecular formula is C18H22N4O3. The van der Waals surface area contributed by atoms with Crippen LogP contribution in [0.3, 0.4) is 0 Å². The number of para-hydroxylation sites is 1. The second kappa shape index (κ2) is 6.96. The summed E-state index contributed by atoms with van der Waals surface area (Å²) in [5, 5.41) is 6.83. The monoisotopic (exact) mass is 342 g/mol. The molecule has 0 unspecified atom stereocenters. The molecule has 7 nitrogen and oxygen atoms in total. The van der Waals surface area contributed by atoms with Crippen molar-refractivity contribution in [3.05, 3.63) is 47.3 Å². The number of aromatic nitrogens is 1. The van der Waals surface area contributed by atoms with Gasteiger partial charge in [0.05, 0.1) is 18.3 Å². The van der Waals surface area contributed by atoms with Gasteiger partial charge in [0, 0.05) is 31.3 Å². The number of anilines is 1. The van der Waals surface area contributed by atoms with Gasteiger partial charge in [0.1, 0.15) is 5.76 Å². The standard InChI is InChI=1S/C18H22N4O3/c1-12-16(13(2)25-20-12)11-21(3)18(24)19-14-9-17(23)22(10-14)15-7-5-4-6-8-15/h4-8,14H,9-11H2,1-3H3,(H,19,24)/t14-/m0/s1. The number of hydrogen-bond donors (Lipinski definition) is 1. The highest BCUT2D eigenvalue weighted by molar-refractivity contribution is 5.96. The van der Waals surface area contributed by atoms with E-state index in [0.717, 1.165) is 16.9 Å². The number of carbonyl (C=O) groups is 2. The van der Waals surface area contributed by atoms with Crippen molar-refractivity contribution in [3.63, 3.8) is 0 Å². The van der Waals surface area contributed by atoms with Gasteiger partial charge in [0.2, 0.25) is 5.91 Å². The van der Waals surface area contributed by atoms with Crippen LogP contribution in [0.15, 0.2) is 34.9 Å². The average molecular weight is 342 g/mol. The van der Waals surface area contributed by atoms with Crippen LogP contribution in [0.4, 0.5) is 10.5 Å². The molecule has 1 N–H and O–H groups in total. The minimum atomic E-state index is -0.215. The Morgan fingerprint density at radius 3 is 2.72 bits per heavy atom. The summed E-state index contributed by atoms with van der Waals surface area (Å²) >= 11 is 0. The number of carbonyl (C=O) groups excluding carboxylic acids is 2. The van der Waals surface area contributed by atoms with Gasteiger partial charge in [-0.15, -0.1) is 0 Å². The van der Waals surface area contributed by atoms with Gasteiger partial charge in [-0.3, -0.25) is 4.79 Å². The van der Waals surface area contributed by atoms with Crippen molar-refractivity contribution >= 4 is 17.6 Å². The third-order valence-electron chi connectivity index (χ3n) is 4.44. The summed E-state index contributed by atoms with van der Waals surface area (Å²) in [6, 6.07) is 9.07. The normalized spacial score (nSPS) is 17.0. The minimum absolute atomic E-state index is 0.0184. The van der Waals surface area contributed by atoms with E-state index in [1.165, 1.54) is 0 Å². The molecule has 0 saturated carbocycles. The summed E-state index contributed by atoms with van der Waals surface area (Å²) in [6.07, 6.45) is 0.305. The molecule has 1 aromatic carbocycles. The van der Waals surface area contributed by atoms with Crippen LogP contribution < -0.4 is 10.2 Å². The Bertz CT molecular complexity index is 752. The number of benzene rings is 1. The number of hydrogen-bond acceptors (Lipinski definition) is 4. The van der Waals surface area contributed by atoms with Gasteiger partial charge in [-0.25, -0.2) is 4.79 Å². The molecule has 0 spiro atoms. The smallest absolute Gasteiger partial charge is 0.317 e. The Kier molecular flexibility index (Phi) is 4.74. The van der Waals surface area contributed by atoms with E-state index in [1.807, 2.05) is 44.2 Å². The van der Waals surface area contributed by atoms with Crippen LogP contribution in [0.25, 0.3) is 0 Å². The van der Waals surface area contributed by atoms with Crippen molar-refractivity contribution in [2.45, 2.75) is 32.9 Å². The molecule has 3 rings (SSSR count). The topological polar surface area (TPSA) is 78.7 Å². The Hall–Kier alpha value is -2.83. The van der Waals surface area contributed by atoms with E-state index < -0.39 is 0 Å². The molecule has 132 valence electrons. The number of nitrogens with one attached hydrogen (secondary N) is 1. The van der Waals surface area contributed by atoms with E-state index >= 15 is 0 Å². The van der Waals surface area contributed by atoms with E-state index in [-0.39, 0.29) is 18.0 Å². The lowest BCUT2D eigenvalue weighted by Crippen LogP contribution is -2.44. The summed E-state index contributed by atoms with van der Waals surface area (Å²) in [7, 11) is 1.72. The van der Waals surface area contributed by atoms with Crippen molar-refractivity contribution < 1.29 is 14.1 Å². The summed E-state index contributed by atoms with van der Waals surface area (Å²) in [6.45, 7) is 4.57. The Balaban J connectivity index is 1.59. The molecule has 1 aromatic heterocycles. The summed E-state index contributed by atoms with van der Waals surface area (Å²) in [4.78, 5) is 27.9. The average Bonchev–Trinajstić information content (AvgIpc) is 3.12. The molecule has 0 aliphatic carbocycles. The number of nitrogens with zero attached hydrogens (tertiary/aromatic N) is 3. The highest BCUT2D eigenvalue weighted by Crippen LogP contribution is 2.21. The number of urea groups is 1. The molecule has 1 fully saturated rings. The number of rotatable bonds is 4. The fourth-order valence-corrected chi connectivity index (χ4v) is 2.98. The van der Waals surface area contributed by atoms with Gasteiger partial charge >= 0.3 is 6.03 Å². The fourth-order valence-electron chi connectivity index (χ4n) is 2.98. The Morgan fingerprint density at radius 2 is 2.08 bits per heavy atom. The number of amides is 3. The highest BCUT2D eigenvalue weighted by atomic mass is 16.5. The van der Waals surface area contributed by atoms with Crippen LogP contribution >= 0.6 is 0 Å². The lowest BCUT2D eigenvalue weighted by Gasteiger charge is -2.21. The van der Waals surface area contributed by atoms with E-state index in [9.17, 15) is 9.59 Å². The van der Waals surface area contributed by atoms with Crippen LogP contribution in [-0.2, 0) is 11.3 Å². The summed E-state index contributed by atoms with van der Waals surface area (Å²) in [5.41, 5.74) is 2.54. The molecule has 3 amide bonds. The fraction of sp³-hybridized carbons (Fsp3) is 0.389. The molecule has 1 aliphatic rings. The van der Waals surface area contributed by atoms with Gasteiger partial charge < -0.3 is 19.6 Å². The number of aryl methyl sites for hydroxylation is 2. The molecular weight excluding hydrogens is 320 g/mol. The van der Waals surface area contributed by atoms with Crippen LogP contribution in [0, 0.1) is 13.8 Å². The highest BCUT2D eigenvalue weighted by Gasteiger charge is 2.32. The predicted molar refractivity (Wildman–Crippen MR) is 93.2 cm³/mol. The zero-order valence-corrected chi connectivity index (χ0v) is 14.7. The maximum atomic E-state index is 12.4. The van der Waals surface area contributed by atoms with Gasteiger partial charge in [0.25, 0.3) is 0 Å². The van der Waals surface area contributed by atoms with E-state index in [0.29, 0.717) is 25.3 Å². The van der Waals surface area contributed by atoms with E-state index in [4.69, 9.17) is 4.52 Å². The van der Waals surface area contributed by atoms with Gasteiger partial charge in [-0.2, -0.15) is 0 Å². The lowest BCUT2D eigenvalue weighted by molar-refractivity contribution is -0.117. The zero-order chi connectivity index (χ0) is 18.0. The largest absolute Gasteiger partial charge is 0.361 e. The van der Waals surface area contributed by atoms with Crippen LogP contribution in [0.2, 0.25) is 0 Å². The predicted octanol–water partition coefficient (Wildman–Crippen LogP) is 2.24. The first-order chi connectivity index (χ1) is 12.0. The summed E-state index contributed by atoms with van der Waals surface area (Å²) < 4.78 is 5.13. The quantitative estimate of drug-likeness (QED) is 0.924. The molecule has 0 radical (unpaired) electrons. The first-order valence-electron chi connectivity index (χ1n) is 8.24. The molecule has 0 bridgehead atoms. The van der Waals surface area contributed by atoms with Crippen LogP contribution in [-0.4, -0.2) is 41.6 Å². The van der Waals surface area contributed by atoms with Gasteiger partial charge in [-0.05, 0) is 26.0 Å². The van der Waals surface area contributed by atoms with Crippen molar-refractivity contribution in [3.8, 4) is 0 Å². The molecule has 1 aliphatic heterocycles. The van der Waals surface area contributed by atoms with Crippen molar-refractivity contribution in [1.29, 1.82) is 0 Å². The van der Waals surface area contributed by atoms with Crippen molar-refractivity contribution in [2.75, 3.05) is 18.5 Å². The molecule has 1 saturated heterocycles.